The molecule has 55 heavy (non-hydrogen) atoms. The lowest BCUT2D eigenvalue weighted by Crippen LogP contribution is -1.99. The number of nitrogens with zero attached hydrogens (tertiary/aromatic N) is 2. The van der Waals surface area contributed by atoms with E-state index in [9.17, 15) is 0 Å². The first-order valence-electron chi connectivity index (χ1n) is 18.9. The predicted octanol–water partition coefficient (Wildman–Crippen LogP) is 14.2. The van der Waals surface area contributed by atoms with Crippen molar-refractivity contribution in [2.45, 2.75) is 0 Å². The van der Waals surface area contributed by atoms with Crippen molar-refractivity contribution < 1.29 is 4.42 Å². The van der Waals surface area contributed by atoms with Crippen LogP contribution in [0.2, 0.25) is 0 Å². The van der Waals surface area contributed by atoms with Crippen LogP contribution in [0.15, 0.2) is 186 Å². The summed E-state index contributed by atoms with van der Waals surface area (Å²) in [4.78, 5) is 0. The molecule has 9 aromatic carbocycles. The van der Waals surface area contributed by atoms with Crippen LogP contribution in [0, 0.1) is 0 Å². The summed E-state index contributed by atoms with van der Waals surface area (Å²) in [5, 5.41) is 9.70. The average Bonchev–Trinajstić information content (AvgIpc) is 3.99. The summed E-state index contributed by atoms with van der Waals surface area (Å²) < 4.78 is 11.8. The molecule has 3 heterocycles. The largest absolute Gasteiger partial charge is 0.454 e. The van der Waals surface area contributed by atoms with Gasteiger partial charge in [-0.2, -0.15) is 0 Å². The van der Waals surface area contributed by atoms with Crippen molar-refractivity contribution >= 4 is 76.3 Å². The lowest BCUT2D eigenvalue weighted by Gasteiger charge is -2.14. The maximum Gasteiger partial charge on any atom is 0.160 e. The molecule has 0 spiro atoms. The summed E-state index contributed by atoms with van der Waals surface area (Å²) in [5.41, 5.74) is 16.2. The Balaban J connectivity index is 1.18. The van der Waals surface area contributed by atoms with E-state index in [-0.39, 0.29) is 0 Å². The van der Waals surface area contributed by atoms with Gasteiger partial charge in [-0.3, -0.25) is 0 Å². The Morgan fingerprint density at radius 3 is 1.78 bits per heavy atom. The van der Waals surface area contributed by atoms with Gasteiger partial charge < -0.3 is 13.6 Å². The van der Waals surface area contributed by atoms with Gasteiger partial charge in [-0.1, -0.05) is 140 Å². The van der Waals surface area contributed by atoms with E-state index in [4.69, 9.17) is 4.42 Å². The molecule has 0 saturated heterocycles. The molecule has 1 aliphatic rings. The second-order valence-corrected chi connectivity index (χ2v) is 14.8. The standard InChI is InChI=1S/C52H30N2O/c1-2-10-31(11-3-1)32-20-22-34(23-21-32)54-50-42(43-28-29-44-38-15-5-7-19-47(38)55-52(44)51(43)54)27-26-41-37-14-4-6-18-46(37)53(49(41)50)35-24-25-36-39-16-8-12-33-13-9-17-40(48(33)39)45(36)30-35/h1-30H. The van der Waals surface area contributed by atoms with E-state index in [1.54, 1.807) is 0 Å². The van der Waals surface area contributed by atoms with Crippen LogP contribution in [0.3, 0.4) is 0 Å². The Morgan fingerprint density at radius 1 is 0.345 bits per heavy atom. The van der Waals surface area contributed by atoms with E-state index in [2.05, 4.69) is 191 Å². The summed E-state index contributed by atoms with van der Waals surface area (Å²) in [6.07, 6.45) is 0. The van der Waals surface area contributed by atoms with Crippen molar-refractivity contribution in [1.82, 2.24) is 9.13 Å². The van der Waals surface area contributed by atoms with Crippen LogP contribution >= 0.6 is 0 Å². The molecule has 0 radical (unpaired) electrons. The molecule has 12 aromatic rings. The Kier molecular flexibility index (Phi) is 5.63. The van der Waals surface area contributed by atoms with Crippen LogP contribution in [0.1, 0.15) is 0 Å². The zero-order valence-electron chi connectivity index (χ0n) is 29.6. The molecule has 254 valence electrons. The average molecular weight is 699 g/mol. The second-order valence-electron chi connectivity index (χ2n) is 14.8. The van der Waals surface area contributed by atoms with Crippen molar-refractivity contribution in [3.8, 4) is 44.8 Å². The third-order valence-corrected chi connectivity index (χ3v) is 12.0. The predicted molar refractivity (Wildman–Crippen MR) is 230 cm³/mol. The van der Waals surface area contributed by atoms with Gasteiger partial charge in [0.05, 0.1) is 22.1 Å². The molecule has 3 nitrogen and oxygen atoms in total. The smallest absolute Gasteiger partial charge is 0.160 e. The van der Waals surface area contributed by atoms with E-state index < -0.39 is 0 Å². The number of hydrogen-bond donors (Lipinski definition) is 0. The highest BCUT2D eigenvalue weighted by Gasteiger charge is 2.26. The monoisotopic (exact) mass is 698 g/mol. The van der Waals surface area contributed by atoms with Crippen molar-refractivity contribution in [3.05, 3.63) is 182 Å². The lowest BCUT2D eigenvalue weighted by atomic mass is 10.0. The molecule has 1 aliphatic carbocycles. The lowest BCUT2D eigenvalue weighted by molar-refractivity contribution is 0.671. The maximum absolute atomic E-state index is 6.82. The minimum atomic E-state index is 0.898. The fourth-order valence-electron chi connectivity index (χ4n) is 9.69. The molecule has 13 rings (SSSR count). The van der Waals surface area contributed by atoms with Crippen molar-refractivity contribution in [2.24, 2.45) is 0 Å². The number of para-hydroxylation sites is 2. The van der Waals surface area contributed by atoms with Crippen molar-refractivity contribution in [2.75, 3.05) is 0 Å². The molecule has 0 N–H and O–H groups in total. The van der Waals surface area contributed by atoms with Gasteiger partial charge in [0.15, 0.2) is 5.58 Å². The first kappa shape index (κ1) is 29.1. The highest BCUT2D eigenvalue weighted by molar-refractivity contribution is 6.28. The van der Waals surface area contributed by atoms with E-state index in [1.807, 2.05) is 0 Å². The number of aromatic nitrogens is 2. The minimum Gasteiger partial charge on any atom is -0.454 e. The molecule has 3 aromatic heterocycles. The SMILES string of the molecule is c1ccc(-c2ccc(-n3c4c(ccc5c6ccccc6oc54)c4ccc5c6ccccc6n(-c6ccc7c(c6)-c6cccc8cccc-7c68)c5c43)cc2)cc1. The second kappa shape index (κ2) is 10.6. The Hall–Kier alpha value is -7.36. The Morgan fingerprint density at radius 2 is 0.964 bits per heavy atom. The van der Waals surface area contributed by atoms with Crippen LogP contribution in [0.5, 0.6) is 0 Å². The van der Waals surface area contributed by atoms with Gasteiger partial charge in [-0.05, 0) is 86.6 Å². The van der Waals surface area contributed by atoms with E-state index >= 15 is 0 Å². The number of benzene rings is 9. The van der Waals surface area contributed by atoms with Gasteiger partial charge in [-0.25, -0.2) is 0 Å². The van der Waals surface area contributed by atoms with E-state index in [0.29, 0.717) is 0 Å². The fourth-order valence-corrected chi connectivity index (χ4v) is 9.69. The first-order chi connectivity index (χ1) is 27.3. The number of hydrogen-bond acceptors (Lipinski definition) is 1. The summed E-state index contributed by atoms with van der Waals surface area (Å²) in [6, 6.07) is 66.5. The molecular formula is C52H30N2O. The first-order valence-corrected chi connectivity index (χ1v) is 18.9. The normalized spacial score (nSPS) is 12.4. The number of fused-ring (bicyclic) bond motifs is 14. The third-order valence-electron chi connectivity index (χ3n) is 12.0. The highest BCUT2D eigenvalue weighted by atomic mass is 16.3. The van der Waals surface area contributed by atoms with Gasteiger partial charge in [0.2, 0.25) is 0 Å². The minimum absolute atomic E-state index is 0.898. The van der Waals surface area contributed by atoms with Crippen LogP contribution in [0.4, 0.5) is 0 Å². The summed E-state index contributed by atoms with van der Waals surface area (Å²) in [6.45, 7) is 0. The van der Waals surface area contributed by atoms with E-state index in [0.717, 1.165) is 44.3 Å². The molecule has 0 saturated carbocycles. The van der Waals surface area contributed by atoms with Crippen molar-refractivity contribution in [3.63, 3.8) is 0 Å². The molecule has 0 fully saturated rings. The summed E-state index contributed by atoms with van der Waals surface area (Å²) in [5.74, 6) is 0. The van der Waals surface area contributed by atoms with Crippen LogP contribution < -0.4 is 0 Å². The Labute approximate surface area is 315 Å². The maximum atomic E-state index is 6.82. The molecule has 0 unspecified atom stereocenters. The molecule has 0 aliphatic heterocycles. The molecule has 0 bridgehead atoms. The van der Waals surface area contributed by atoms with Crippen LogP contribution in [-0.4, -0.2) is 9.13 Å². The van der Waals surface area contributed by atoms with Gasteiger partial charge in [-0.15, -0.1) is 0 Å². The summed E-state index contributed by atoms with van der Waals surface area (Å²) >= 11 is 0. The Bertz CT molecular complexity index is 3570. The molecular weight excluding hydrogens is 669 g/mol. The molecule has 3 heteroatoms. The third kappa shape index (κ3) is 3.84. The van der Waals surface area contributed by atoms with Gasteiger partial charge in [0, 0.05) is 43.7 Å². The van der Waals surface area contributed by atoms with Crippen molar-refractivity contribution in [1.29, 1.82) is 0 Å². The highest BCUT2D eigenvalue weighted by Crippen LogP contribution is 2.49. The zero-order valence-corrected chi connectivity index (χ0v) is 29.6. The van der Waals surface area contributed by atoms with E-state index in [1.165, 1.54) is 76.7 Å². The molecule has 0 atom stereocenters. The number of rotatable bonds is 3. The summed E-state index contributed by atoms with van der Waals surface area (Å²) in [7, 11) is 0. The zero-order chi connectivity index (χ0) is 35.8. The van der Waals surface area contributed by atoms with Gasteiger partial charge in [0.25, 0.3) is 0 Å². The molecule has 0 amide bonds. The quantitative estimate of drug-likeness (QED) is 0.180. The van der Waals surface area contributed by atoms with Gasteiger partial charge in [0.1, 0.15) is 5.58 Å². The van der Waals surface area contributed by atoms with Gasteiger partial charge >= 0.3 is 0 Å². The number of furan rings is 1. The van der Waals surface area contributed by atoms with Crippen LogP contribution in [-0.2, 0) is 0 Å². The fraction of sp³-hybridized carbons (Fsp3) is 0. The van der Waals surface area contributed by atoms with Crippen LogP contribution in [0.25, 0.3) is 121 Å². The topological polar surface area (TPSA) is 23.0 Å².